The lowest BCUT2D eigenvalue weighted by atomic mass is 10.3. The minimum absolute atomic E-state index is 0. The van der Waals surface area contributed by atoms with Crippen LogP contribution in [0.5, 0.6) is 0 Å². The molecule has 0 fully saturated rings. The van der Waals surface area contributed by atoms with Crippen LogP contribution in [-0.4, -0.2) is 10.1 Å². The highest BCUT2D eigenvalue weighted by Crippen LogP contribution is 2.13. The van der Waals surface area contributed by atoms with Crippen LogP contribution in [0.4, 0.5) is 0 Å². The number of hydrogen-bond donors (Lipinski definition) is 2. The second kappa shape index (κ2) is 2.75. The number of fused-ring (bicyclic) bond motifs is 1. The zero-order valence-electron chi connectivity index (χ0n) is 5.81. The number of hydrazine groups is 3. The van der Waals surface area contributed by atoms with Crippen molar-refractivity contribution >= 4 is 0 Å². The summed E-state index contributed by atoms with van der Waals surface area (Å²) in [5.41, 5.74) is 3.92. The normalized spacial score (nSPS) is 19.5. The molecule has 2 rings (SSSR count). The molecule has 0 bridgehead atoms. The fourth-order valence-corrected chi connectivity index (χ4v) is 0.948. The van der Waals surface area contributed by atoms with Gasteiger partial charge < -0.3 is 0 Å². The maximum atomic E-state index is 5.43. The number of nitrogens with zero attached hydrogens (tertiary/aromatic N) is 3. The van der Waals surface area contributed by atoms with E-state index in [1.165, 1.54) is 5.12 Å². The van der Waals surface area contributed by atoms with E-state index >= 15 is 0 Å². The van der Waals surface area contributed by atoms with Gasteiger partial charge in [0, 0.05) is 12.4 Å². The number of hydrogen-bond acceptors (Lipinski definition) is 4. The smallest absolute Gasteiger partial charge is 0.0780 e. The van der Waals surface area contributed by atoms with E-state index in [1.807, 2.05) is 29.4 Å². The fraction of sp³-hybridized carbons (Fsp3) is 0. The maximum absolute atomic E-state index is 5.43. The molecule has 0 saturated heterocycles. The van der Waals surface area contributed by atoms with Crippen LogP contribution in [0.25, 0.3) is 0 Å². The molecule has 0 unspecified atom stereocenters. The third-order valence-electron chi connectivity index (χ3n) is 1.39. The Morgan fingerprint density at radius 2 is 2.18 bits per heavy atom. The van der Waals surface area contributed by atoms with Crippen LogP contribution in [0.1, 0.15) is 0 Å². The van der Waals surface area contributed by atoms with Gasteiger partial charge in [0.05, 0.1) is 11.9 Å². The Hall–Kier alpha value is -1.30. The van der Waals surface area contributed by atoms with Crippen LogP contribution in [0.3, 0.4) is 0 Å². The van der Waals surface area contributed by atoms with Crippen LogP contribution in [0, 0.1) is 0 Å². The first-order valence-corrected chi connectivity index (χ1v) is 3.02. The van der Waals surface area contributed by atoms with E-state index in [-0.39, 0.29) is 6.15 Å². The summed E-state index contributed by atoms with van der Waals surface area (Å²) in [7, 11) is 0. The molecule has 0 spiro atoms. The molecule has 2 aliphatic heterocycles. The average molecular weight is 150 g/mol. The third-order valence-corrected chi connectivity index (χ3v) is 1.39. The highest BCUT2D eigenvalue weighted by molar-refractivity contribution is 5.28. The monoisotopic (exact) mass is 150 g/mol. The van der Waals surface area contributed by atoms with Crippen LogP contribution in [-0.2, 0) is 0 Å². The first-order valence-electron chi connectivity index (χ1n) is 3.02. The van der Waals surface area contributed by atoms with Crippen LogP contribution >= 0.6 is 0 Å². The highest BCUT2D eigenvalue weighted by Gasteiger charge is 2.14. The summed E-state index contributed by atoms with van der Waals surface area (Å²) >= 11 is 0. The van der Waals surface area contributed by atoms with E-state index in [2.05, 4.69) is 5.53 Å². The van der Waals surface area contributed by atoms with Crippen molar-refractivity contribution in [3.05, 3.63) is 36.3 Å². The fourth-order valence-electron chi connectivity index (χ4n) is 0.948. The Labute approximate surface area is 64.9 Å². The molecule has 5 nitrogen and oxygen atoms in total. The van der Waals surface area contributed by atoms with Crippen molar-refractivity contribution in [3.8, 4) is 0 Å². The summed E-state index contributed by atoms with van der Waals surface area (Å²) in [4.78, 5) is 0. The zero-order chi connectivity index (χ0) is 6.97. The summed E-state index contributed by atoms with van der Waals surface area (Å²) in [6, 6.07) is 0. The lowest BCUT2D eigenvalue weighted by Gasteiger charge is -2.18. The predicted octanol–water partition coefficient (Wildman–Crippen LogP) is -0.658. The molecule has 0 aliphatic carbocycles. The third kappa shape index (κ3) is 1.25. The number of allylic oxidation sites excluding steroid dienone is 3. The molecule has 0 amide bonds. The van der Waals surface area contributed by atoms with Crippen molar-refractivity contribution in [1.29, 1.82) is 0 Å². The van der Waals surface area contributed by atoms with Crippen LogP contribution in [0.2, 0.25) is 0 Å². The first-order chi connectivity index (χ1) is 4.86. The van der Waals surface area contributed by atoms with Gasteiger partial charge in [-0.3, -0.25) is 5.01 Å². The molecule has 3 radical (unpaired) electrons. The molecule has 0 saturated carbocycles. The number of nitrogens with two attached hydrogens (primary N) is 1. The van der Waals surface area contributed by atoms with Gasteiger partial charge in [-0.05, 0) is 12.2 Å². The summed E-state index contributed by atoms with van der Waals surface area (Å²) in [6.45, 7) is 0. The van der Waals surface area contributed by atoms with Gasteiger partial charge in [-0.1, -0.05) is 6.08 Å². The minimum atomic E-state index is 0. The first kappa shape index (κ1) is 7.80. The lowest BCUT2D eigenvalue weighted by Crippen LogP contribution is -2.41. The molecule has 0 aromatic rings. The van der Waals surface area contributed by atoms with Gasteiger partial charge in [0.2, 0.25) is 0 Å². The van der Waals surface area contributed by atoms with Gasteiger partial charge in [-0.25, -0.2) is 11.0 Å². The summed E-state index contributed by atoms with van der Waals surface area (Å²) in [5.74, 6) is 5.43. The molecular formula is C6H8N5. The average Bonchev–Trinajstić information content (AvgIpc) is 2.27. The van der Waals surface area contributed by atoms with Gasteiger partial charge >= 0.3 is 0 Å². The quantitative estimate of drug-likeness (QED) is 0.449. The minimum Gasteiger partial charge on any atom is -0.264 e. The molecule has 2 aliphatic rings. The standard InChI is InChI=1S/C6H8N4.N/c7-10-5-6-3-1-2-4-9(6)8-10;/h1-5,8H,7H2;. The van der Waals surface area contributed by atoms with Gasteiger partial charge in [0.1, 0.15) is 0 Å². The van der Waals surface area contributed by atoms with E-state index in [0.29, 0.717) is 0 Å². The van der Waals surface area contributed by atoms with E-state index in [9.17, 15) is 0 Å². The predicted molar refractivity (Wildman–Crippen MR) is 39.5 cm³/mol. The molecule has 0 aromatic carbocycles. The Balaban J connectivity index is 0.000000605. The van der Waals surface area contributed by atoms with E-state index in [0.717, 1.165) is 5.70 Å². The molecule has 3 N–H and O–H groups in total. The van der Waals surface area contributed by atoms with E-state index < -0.39 is 0 Å². The van der Waals surface area contributed by atoms with Crippen molar-refractivity contribution in [3.63, 3.8) is 0 Å². The Kier molecular flexibility index (Phi) is 1.95. The van der Waals surface area contributed by atoms with Crippen LogP contribution < -0.4 is 17.5 Å². The Morgan fingerprint density at radius 1 is 1.36 bits per heavy atom. The second-order valence-electron chi connectivity index (χ2n) is 2.13. The van der Waals surface area contributed by atoms with Crippen molar-refractivity contribution in [2.24, 2.45) is 5.84 Å². The lowest BCUT2D eigenvalue weighted by molar-refractivity contribution is 0.177. The topological polar surface area (TPSA) is 75.0 Å². The Bertz CT molecular complexity index is 229. The molecule has 11 heavy (non-hydrogen) atoms. The maximum Gasteiger partial charge on any atom is 0.0780 e. The number of nitrogens with one attached hydrogen (secondary N) is 1. The van der Waals surface area contributed by atoms with Crippen molar-refractivity contribution < 1.29 is 0 Å². The van der Waals surface area contributed by atoms with Gasteiger partial charge in [0.25, 0.3) is 0 Å². The van der Waals surface area contributed by atoms with E-state index in [1.54, 1.807) is 6.20 Å². The molecule has 0 atom stereocenters. The van der Waals surface area contributed by atoms with Gasteiger partial charge in [-0.2, -0.15) is 0 Å². The molecular weight excluding hydrogens is 142 g/mol. The molecule has 2 heterocycles. The molecule has 0 aromatic heterocycles. The largest absolute Gasteiger partial charge is 0.264 e. The summed E-state index contributed by atoms with van der Waals surface area (Å²) in [6.07, 6.45) is 9.57. The SMILES string of the molecule is NN1C=C2C=CC=CN2N1.[N]. The highest BCUT2D eigenvalue weighted by atomic mass is 15.9. The molecule has 57 valence electrons. The van der Waals surface area contributed by atoms with E-state index in [4.69, 9.17) is 5.84 Å². The zero-order valence-corrected chi connectivity index (χ0v) is 5.81. The van der Waals surface area contributed by atoms with Gasteiger partial charge in [-0.15, -0.1) is 5.53 Å². The Morgan fingerprint density at radius 3 is 2.91 bits per heavy atom. The molecule has 5 heteroatoms. The van der Waals surface area contributed by atoms with Crippen LogP contribution in [0.15, 0.2) is 36.3 Å². The summed E-state index contributed by atoms with van der Waals surface area (Å²) < 4.78 is 0. The van der Waals surface area contributed by atoms with Crippen molar-refractivity contribution in [2.45, 2.75) is 0 Å². The number of rotatable bonds is 0. The van der Waals surface area contributed by atoms with Gasteiger partial charge in [0.15, 0.2) is 0 Å². The summed E-state index contributed by atoms with van der Waals surface area (Å²) in [5, 5.41) is 3.25. The second-order valence-corrected chi connectivity index (χ2v) is 2.13. The van der Waals surface area contributed by atoms with Crippen molar-refractivity contribution in [1.82, 2.24) is 21.8 Å². The van der Waals surface area contributed by atoms with Crippen molar-refractivity contribution in [2.75, 3.05) is 0 Å².